The van der Waals surface area contributed by atoms with Crippen LogP contribution in [-0.4, -0.2) is 32.3 Å². The molecule has 1 aliphatic heterocycles. The van der Waals surface area contributed by atoms with Crippen molar-refractivity contribution in [1.29, 1.82) is 0 Å². The molecule has 4 heteroatoms. The molecule has 0 fully saturated rings. The van der Waals surface area contributed by atoms with Gasteiger partial charge in [0.05, 0.1) is 6.04 Å². The van der Waals surface area contributed by atoms with E-state index in [-0.39, 0.29) is 12.3 Å². The summed E-state index contributed by atoms with van der Waals surface area (Å²) in [6, 6.07) is 9.19. The zero-order chi connectivity index (χ0) is 13.0. The number of hydrogen-bond donors (Lipinski definition) is 1. The fraction of sp³-hybridized carbons (Fsp3) is 0.571. The van der Waals surface area contributed by atoms with E-state index in [2.05, 4.69) is 36.5 Å². The van der Waals surface area contributed by atoms with Gasteiger partial charge in [-0.15, -0.1) is 0 Å². The molecular formula is C14H21NO2S. The van der Waals surface area contributed by atoms with Crippen molar-refractivity contribution >= 4 is 11.8 Å². The fourth-order valence-corrected chi connectivity index (χ4v) is 3.53. The summed E-state index contributed by atoms with van der Waals surface area (Å²) >= 11 is 1.97. The normalized spacial score (nSPS) is 20.8. The summed E-state index contributed by atoms with van der Waals surface area (Å²) in [6.07, 6.45) is -0.205. The van der Waals surface area contributed by atoms with E-state index in [1.807, 2.05) is 11.8 Å². The van der Waals surface area contributed by atoms with Crippen molar-refractivity contribution in [2.45, 2.75) is 31.1 Å². The fourth-order valence-electron chi connectivity index (χ4n) is 2.42. The van der Waals surface area contributed by atoms with E-state index in [4.69, 9.17) is 9.47 Å². The van der Waals surface area contributed by atoms with Gasteiger partial charge in [0, 0.05) is 31.8 Å². The van der Waals surface area contributed by atoms with Gasteiger partial charge in [-0.25, -0.2) is 0 Å². The maximum Gasteiger partial charge on any atom is 0.171 e. The monoisotopic (exact) mass is 267 g/mol. The first-order valence-electron chi connectivity index (χ1n) is 6.23. The lowest BCUT2D eigenvalue weighted by atomic mass is 10.0. The van der Waals surface area contributed by atoms with Gasteiger partial charge in [-0.3, -0.25) is 0 Å². The van der Waals surface area contributed by atoms with Gasteiger partial charge >= 0.3 is 0 Å². The molecule has 0 aliphatic carbocycles. The number of rotatable bonds is 5. The third kappa shape index (κ3) is 3.06. The quantitative estimate of drug-likeness (QED) is 0.831. The van der Waals surface area contributed by atoms with E-state index in [0.29, 0.717) is 6.04 Å². The number of methoxy groups -OCH3 is 2. The smallest absolute Gasteiger partial charge is 0.171 e. The summed E-state index contributed by atoms with van der Waals surface area (Å²) in [5.74, 6) is 2.21. The van der Waals surface area contributed by atoms with E-state index in [1.165, 1.54) is 11.1 Å². The first kappa shape index (κ1) is 13.9. The Bertz CT molecular complexity index is 382. The predicted molar refractivity (Wildman–Crippen MR) is 75.7 cm³/mol. The molecule has 1 heterocycles. The zero-order valence-electron chi connectivity index (χ0n) is 11.2. The Labute approximate surface area is 113 Å². The number of hydrogen-bond acceptors (Lipinski definition) is 4. The molecule has 0 saturated carbocycles. The minimum absolute atomic E-state index is 0.164. The van der Waals surface area contributed by atoms with Crippen LogP contribution in [0.25, 0.3) is 0 Å². The average molecular weight is 267 g/mol. The Kier molecular flexibility index (Phi) is 5.06. The van der Waals surface area contributed by atoms with Crippen LogP contribution in [0, 0.1) is 0 Å². The van der Waals surface area contributed by atoms with Crippen molar-refractivity contribution < 1.29 is 9.47 Å². The molecule has 0 spiro atoms. The highest BCUT2D eigenvalue weighted by atomic mass is 32.2. The lowest BCUT2D eigenvalue weighted by molar-refractivity contribution is -0.120. The molecule has 18 heavy (non-hydrogen) atoms. The molecular weight excluding hydrogens is 246 g/mol. The summed E-state index contributed by atoms with van der Waals surface area (Å²) in [6.45, 7) is 2.10. The molecule has 0 saturated heterocycles. The van der Waals surface area contributed by atoms with Gasteiger partial charge in [0.1, 0.15) is 0 Å². The molecule has 1 aliphatic rings. The van der Waals surface area contributed by atoms with Crippen molar-refractivity contribution in [3.05, 3.63) is 35.4 Å². The van der Waals surface area contributed by atoms with Crippen molar-refractivity contribution in [1.82, 2.24) is 5.32 Å². The molecule has 3 nitrogen and oxygen atoms in total. The second-order valence-corrected chi connectivity index (χ2v) is 5.59. The van der Waals surface area contributed by atoms with Crippen molar-refractivity contribution in [2.24, 2.45) is 0 Å². The van der Waals surface area contributed by atoms with Crippen LogP contribution in [0.4, 0.5) is 0 Å². The van der Waals surface area contributed by atoms with Gasteiger partial charge in [0.25, 0.3) is 0 Å². The predicted octanol–water partition coefficient (Wildman–Crippen LogP) is 2.57. The summed E-state index contributed by atoms with van der Waals surface area (Å²) < 4.78 is 10.6. The van der Waals surface area contributed by atoms with Crippen LogP contribution in [0.1, 0.15) is 24.1 Å². The Balaban J connectivity index is 2.07. The molecule has 2 atom stereocenters. The summed E-state index contributed by atoms with van der Waals surface area (Å²) in [5.41, 5.74) is 2.85. The second kappa shape index (κ2) is 6.57. The van der Waals surface area contributed by atoms with Crippen LogP contribution < -0.4 is 5.32 Å². The number of nitrogens with one attached hydrogen (secondary N) is 1. The van der Waals surface area contributed by atoms with Gasteiger partial charge in [0.2, 0.25) is 0 Å². The van der Waals surface area contributed by atoms with E-state index < -0.39 is 0 Å². The highest BCUT2D eigenvalue weighted by Crippen LogP contribution is 2.31. The summed E-state index contributed by atoms with van der Waals surface area (Å²) in [5, 5.41) is 3.61. The zero-order valence-corrected chi connectivity index (χ0v) is 12.0. The number of benzene rings is 1. The molecule has 2 rings (SSSR count). The molecule has 1 aromatic carbocycles. The van der Waals surface area contributed by atoms with E-state index >= 15 is 0 Å². The van der Waals surface area contributed by atoms with Gasteiger partial charge in [-0.2, -0.15) is 11.8 Å². The standard InChI is InChI=1S/C14H21NO2S/c1-10(14(16-2)17-3)15-13-9-18-8-11-6-4-5-7-12(11)13/h4-7,10,13-15H,8-9H2,1-3H3. The second-order valence-electron chi connectivity index (χ2n) is 4.56. The van der Waals surface area contributed by atoms with Crippen LogP contribution in [0.2, 0.25) is 0 Å². The first-order chi connectivity index (χ1) is 8.76. The van der Waals surface area contributed by atoms with E-state index in [0.717, 1.165) is 11.5 Å². The SMILES string of the molecule is COC(OC)C(C)NC1CSCc2ccccc21. The minimum Gasteiger partial charge on any atom is -0.354 e. The Hall–Kier alpha value is -0.550. The lowest BCUT2D eigenvalue weighted by Gasteiger charge is -2.31. The molecule has 1 N–H and O–H groups in total. The Morgan fingerprint density at radius 2 is 2.00 bits per heavy atom. The number of fused-ring (bicyclic) bond motifs is 1. The number of thioether (sulfide) groups is 1. The highest BCUT2D eigenvalue weighted by molar-refractivity contribution is 7.98. The molecule has 100 valence electrons. The highest BCUT2D eigenvalue weighted by Gasteiger charge is 2.24. The van der Waals surface area contributed by atoms with Gasteiger partial charge in [-0.1, -0.05) is 24.3 Å². The number of ether oxygens (including phenoxy) is 2. The molecule has 0 bridgehead atoms. The summed E-state index contributed by atoms with van der Waals surface area (Å²) in [4.78, 5) is 0. The van der Waals surface area contributed by atoms with Crippen LogP contribution in [-0.2, 0) is 15.2 Å². The van der Waals surface area contributed by atoms with E-state index in [1.54, 1.807) is 14.2 Å². The molecule has 0 radical (unpaired) electrons. The molecule has 2 unspecified atom stereocenters. The molecule has 0 amide bonds. The maximum absolute atomic E-state index is 5.30. The van der Waals surface area contributed by atoms with Gasteiger partial charge < -0.3 is 14.8 Å². The topological polar surface area (TPSA) is 30.5 Å². The third-order valence-electron chi connectivity index (χ3n) is 3.31. The van der Waals surface area contributed by atoms with Crippen molar-refractivity contribution in [2.75, 3.05) is 20.0 Å². The summed E-state index contributed by atoms with van der Waals surface area (Å²) in [7, 11) is 3.35. The molecule has 0 aromatic heterocycles. The van der Waals surface area contributed by atoms with Crippen molar-refractivity contribution in [3.63, 3.8) is 0 Å². The Morgan fingerprint density at radius 3 is 2.72 bits per heavy atom. The Morgan fingerprint density at radius 1 is 1.28 bits per heavy atom. The largest absolute Gasteiger partial charge is 0.354 e. The average Bonchev–Trinajstić information content (AvgIpc) is 2.40. The van der Waals surface area contributed by atoms with Crippen LogP contribution in [0.5, 0.6) is 0 Å². The molecule has 1 aromatic rings. The van der Waals surface area contributed by atoms with Crippen LogP contribution in [0.15, 0.2) is 24.3 Å². The lowest BCUT2D eigenvalue weighted by Crippen LogP contribution is -2.43. The third-order valence-corrected chi connectivity index (χ3v) is 4.39. The minimum atomic E-state index is -0.205. The van der Waals surface area contributed by atoms with Crippen LogP contribution in [0.3, 0.4) is 0 Å². The van der Waals surface area contributed by atoms with Crippen molar-refractivity contribution in [3.8, 4) is 0 Å². The van der Waals surface area contributed by atoms with E-state index in [9.17, 15) is 0 Å². The van der Waals surface area contributed by atoms with Gasteiger partial charge in [0.15, 0.2) is 6.29 Å². The first-order valence-corrected chi connectivity index (χ1v) is 7.39. The van der Waals surface area contributed by atoms with Gasteiger partial charge in [-0.05, 0) is 18.1 Å². The van der Waals surface area contributed by atoms with Crippen LogP contribution >= 0.6 is 11.8 Å². The maximum atomic E-state index is 5.30.